The Morgan fingerprint density at radius 3 is 2.52 bits per heavy atom. The van der Waals surface area contributed by atoms with E-state index in [0.29, 0.717) is 6.04 Å². The molecule has 21 heavy (non-hydrogen) atoms. The second kappa shape index (κ2) is 7.81. The number of rotatable bonds is 6. The van der Waals surface area contributed by atoms with Crippen LogP contribution in [0.5, 0.6) is 0 Å². The van der Waals surface area contributed by atoms with Crippen LogP contribution in [0.3, 0.4) is 0 Å². The molecule has 0 aromatic heterocycles. The van der Waals surface area contributed by atoms with Gasteiger partial charge in [-0.25, -0.2) is 0 Å². The molecule has 3 nitrogen and oxygen atoms in total. The van der Waals surface area contributed by atoms with Crippen molar-refractivity contribution in [1.29, 1.82) is 0 Å². The van der Waals surface area contributed by atoms with Crippen LogP contribution in [0.2, 0.25) is 0 Å². The first-order valence-electron chi connectivity index (χ1n) is 8.37. The highest BCUT2D eigenvalue weighted by molar-refractivity contribution is 5.48. The Balaban J connectivity index is 2.00. The van der Waals surface area contributed by atoms with Crippen molar-refractivity contribution in [3.63, 3.8) is 0 Å². The van der Waals surface area contributed by atoms with Crippen molar-refractivity contribution < 1.29 is 5.11 Å². The first-order chi connectivity index (χ1) is 10.1. The van der Waals surface area contributed by atoms with E-state index in [9.17, 15) is 5.11 Å². The van der Waals surface area contributed by atoms with E-state index in [1.54, 1.807) is 0 Å². The van der Waals surface area contributed by atoms with Gasteiger partial charge in [-0.3, -0.25) is 0 Å². The molecule has 118 valence electrons. The maximum atomic E-state index is 10.2. The Morgan fingerprint density at radius 2 is 1.90 bits per heavy atom. The second-order valence-corrected chi connectivity index (χ2v) is 6.30. The minimum atomic E-state index is -0.187. The van der Waals surface area contributed by atoms with Crippen LogP contribution in [0.4, 0.5) is 5.69 Å². The molecular weight excluding hydrogens is 260 g/mol. The largest absolute Gasteiger partial charge is 0.391 e. The molecule has 2 rings (SSSR count). The first kappa shape index (κ1) is 16.3. The average molecular weight is 290 g/mol. The van der Waals surface area contributed by atoms with Crippen molar-refractivity contribution in [3.8, 4) is 0 Å². The SMILES string of the molecule is CCCNC(C)c1ccc(N(C)C2CCCCC2O)cc1. The van der Waals surface area contributed by atoms with E-state index < -0.39 is 0 Å². The van der Waals surface area contributed by atoms with E-state index in [1.807, 2.05) is 0 Å². The molecule has 3 atom stereocenters. The Bertz CT molecular complexity index is 418. The van der Waals surface area contributed by atoms with Crippen molar-refractivity contribution in [1.82, 2.24) is 5.32 Å². The smallest absolute Gasteiger partial charge is 0.0743 e. The number of hydrogen-bond acceptors (Lipinski definition) is 3. The molecule has 1 saturated carbocycles. The highest BCUT2D eigenvalue weighted by Crippen LogP contribution is 2.27. The second-order valence-electron chi connectivity index (χ2n) is 6.30. The number of nitrogens with one attached hydrogen (secondary N) is 1. The number of anilines is 1. The third-order valence-corrected chi connectivity index (χ3v) is 4.69. The third kappa shape index (κ3) is 4.21. The number of nitrogens with zero attached hydrogens (tertiary/aromatic N) is 1. The number of hydrogen-bond donors (Lipinski definition) is 2. The first-order valence-corrected chi connectivity index (χ1v) is 8.37. The molecule has 1 aromatic rings. The van der Waals surface area contributed by atoms with E-state index in [0.717, 1.165) is 32.2 Å². The van der Waals surface area contributed by atoms with Gasteiger partial charge in [0.2, 0.25) is 0 Å². The highest BCUT2D eigenvalue weighted by Gasteiger charge is 2.26. The quantitative estimate of drug-likeness (QED) is 0.842. The Hall–Kier alpha value is -1.06. The summed E-state index contributed by atoms with van der Waals surface area (Å²) >= 11 is 0. The summed E-state index contributed by atoms with van der Waals surface area (Å²) in [6, 6.07) is 9.43. The zero-order chi connectivity index (χ0) is 15.2. The van der Waals surface area contributed by atoms with E-state index in [4.69, 9.17) is 0 Å². The summed E-state index contributed by atoms with van der Waals surface area (Å²) in [4.78, 5) is 2.25. The van der Waals surface area contributed by atoms with Crippen molar-refractivity contribution in [3.05, 3.63) is 29.8 Å². The molecule has 3 unspecified atom stereocenters. The molecule has 1 aliphatic carbocycles. The van der Waals surface area contributed by atoms with Gasteiger partial charge in [-0.15, -0.1) is 0 Å². The number of aliphatic hydroxyl groups is 1. The Morgan fingerprint density at radius 1 is 1.24 bits per heavy atom. The van der Waals surface area contributed by atoms with Crippen molar-refractivity contribution in [2.75, 3.05) is 18.5 Å². The van der Waals surface area contributed by atoms with E-state index in [1.165, 1.54) is 17.7 Å². The molecule has 0 spiro atoms. The molecule has 2 N–H and O–H groups in total. The normalized spacial score (nSPS) is 23.8. The van der Waals surface area contributed by atoms with Gasteiger partial charge in [0.05, 0.1) is 12.1 Å². The molecule has 1 aromatic carbocycles. The topological polar surface area (TPSA) is 35.5 Å². The molecule has 1 fully saturated rings. The van der Waals surface area contributed by atoms with Crippen LogP contribution in [-0.4, -0.2) is 30.8 Å². The molecule has 0 amide bonds. The van der Waals surface area contributed by atoms with Crippen molar-refractivity contribution in [2.24, 2.45) is 0 Å². The molecule has 3 heteroatoms. The summed E-state index contributed by atoms with van der Waals surface area (Å²) in [6.07, 6.45) is 5.38. The van der Waals surface area contributed by atoms with Gasteiger partial charge in [-0.1, -0.05) is 31.9 Å². The molecule has 0 saturated heterocycles. The van der Waals surface area contributed by atoms with Crippen molar-refractivity contribution >= 4 is 5.69 Å². The van der Waals surface area contributed by atoms with Gasteiger partial charge >= 0.3 is 0 Å². The Kier molecular flexibility index (Phi) is 6.07. The van der Waals surface area contributed by atoms with Gasteiger partial charge in [-0.2, -0.15) is 0 Å². The maximum Gasteiger partial charge on any atom is 0.0743 e. The van der Waals surface area contributed by atoms with Crippen LogP contribution in [0.1, 0.15) is 57.6 Å². The lowest BCUT2D eigenvalue weighted by Crippen LogP contribution is -2.43. The Labute approximate surface area is 129 Å². The summed E-state index contributed by atoms with van der Waals surface area (Å²) in [5.41, 5.74) is 2.53. The van der Waals surface area contributed by atoms with Crippen LogP contribution in [0.15, 0.2) is 24.3 Å². The molecule has 1 aliphatic rings. The monoisotopic (exact) mass is 290 g/mol. The van der Waals surface area contributed by atoms with E-state index in [2.05, 4.69) is 55.4 Å². The summed E-state index contributed by atoms with van der Waals surface area (Å²) < 4.78 is 0. The van der Waals surface area contributed by atoms with Crippen LogP contribution in [-0.2, 0) is 0 Å². The highest BCUT2D eigenvalue weighted by atomic mass is 16.3. The molecule has 0 bridgehead atoms. The number of aliphatic hydroxyl groups excluding tert-OH is 1. The minimum absolute atomic E-state index is 0.187. The molecular formula is C18H30N2O. The van der Waals surface area contributed by atoms with Crippen LogP contribution in [0.25, 0.3) is 0 Å². The van der Waals surface area contributed by atoms with Crippen LogP contribution >= 0.6 is 0 Å². The third-order valence-electron chi connectivity index (χ3n) is 4.69. The molecule has 0 radical (unpaired) electrons. The summed E-state index contributed by atoms with van der Waals surface area (Å²) in [6.45, 7) is 5.45. The van der Waals surface area contributed by atoms with Gasteiger partial charge < -0.3 is 15.3 Å². The fourth-order valence-corrected chi connectivity index (χ4v) is 3.21. The van der Waals surface area contributed by atoms with Crippen molar-refractivity contribution in [2.45, 2.75) is 64.1 Å². The van der Waals surface area contributed by atoms with Gasteiger partial charge in [0.15, 0.2) is 0 Å². The predicted octanol–water partition coefficient (Wildman–Crippen LogP) is 3.49. The van der Waals surface area contributed by atoms with E-state index in [-0.39, 0.29) is 12.1 Å². The molecule has 0 aliphatic heterocycles. The maximum absolute atomic E-state index is 10.2. The van der Waals surface area contributed by atoms with E-state index >= 15 is 0 Å². The lowest BCUT2D eigenvalue weighted by Gasteiger charge is -2.36. The zero-order valence-corrected chi connectivity index (χ0v) is 13.7. The summed E-state index contributed by atoms with van der Waals surface area (Å²) in [5.74, 6) is 0. The van der Waals surface area contributed by atoms with Gasteiger partial charge in [-0.05, 0) is 50.4 Å². The predicted molar refractivity (Wildman–Crippen MR) is 89.8 cm³/mol. The standard InChI is InChI=1S/C18H30N2O/c1-4-13-19-14(2)15-9-11-16(12-10-15)20(3)17-7-5-6-8-18(17)21/h9-12,14,17-19,21H,4-8,13H2,1-3H3. The summed E-state index contributed by atoms with van der Waals surface area (Å²) in [7, 11) is 2.10. The number of benzene rings is 1. The average Bonchev–Trinajstić information content (AvgIpc) is 2.52. The summed E-state index contributed by atoms with van der Waals surface area (Å²) in [5, 5.41) is 13.7. The number of likely N-dealkylation sites (N-methyl/N-ethyl adjacent to an activating group) is 1. The lowest BCUT2D eigenvalue weighted by atomic mass is 9.91. The van der Waals surface area contributed by atoms with Gasteiger partial charge in [0.25, 0.3) is 0 Å². The zero-order valence-electron chi connectivity index (χ0n) is 13.7. The fraction of sp³-hybridized carbons (Fsp3) is 0.667. The van der Waals surface area contributed by atoms with Crippen LogP contribution in [0, 0.1) is 0 Å². The fourth-order valence-electron chi connectivity index (χ4n) is 3.21. The lowest BCUT2D eigenvalue weighted by molar-refractivity contribution is 0.106. The minimum Gasteiger partial charge on any atom is -0.391 e. The van der Waals surface area contributed by atoms with Crippen LogP contribution < -0.4 is 10.2 Å². The molecule has 0 heterocycles. The van der Waals surface area contributed by atoms with Gasteiger partial charge in [0, 0.05) is 18.8 Å². The van der Waals surface area contributed by atoms with Gasteiger partial charge in [0.1, 0.15) is 0 Å².